The van der Waals surface area contributed by atoms with E-state index in [1.54, 1.807) is 4.80 Å². The van der Waals surface area contributed by atoms with Gasteiger partial charge in [0.05, 0.1) is 12.2 Å². The van der Waals surface area contributed by atoms with Crippen LogP contribution in [0.5, 0.6) is 0 Å². The van der Waals surface area contributed by atoms with Crippen molar-refractivity contribution >= 4 is 11.6 Å². The Hall–Kier alpha value is -6.21. The van der Waals surface area contributed by atoms with Crippen LogP contribution in [0.3, 0.4) is 0 Å². The van der Waals surface area contributed by atoms with Crippen LogP contribution in [0.1, 0.15) is 59.0 Å². The fourth-order valence-corrected chi connectivity index (χ4v) is 7.60. The summed E-state index contributed by atoms with van der Waals surface area (Å²) in [6, 6.07) is 49.9. The first-order valence-corrected chi connectivity index (χ1v) is 18.0. The minimum Gasteiger partial charge on any atom is -0.308 e. The maximum atomic E-state index is 13.3. The molecule has 0 fully saturated rings. The molecule has 5 aromatic carbocycles. The fourth-order valence-electron chi connectivity index (χ4n) is 7.60. The molecule has 0 bridgehead atoms. The van der Waals surface area contributed by atoms with Crippen molar-refractivity contribution in [3.8, 4) is 22.5 Å². The maximum absolute atomic E-state index is 13.3. The van der Waals surface area contributed by atoms with Gasteiger partial charge in [-0.05, 0) is 70.0 Å². The van der Waals surface area contributed by atoms with Crippen LogP contribution >= 0.6 is 0 Å². The second-order valence-electron chi connectivity index (χ2n) is 13.4. The van der Waals surface area contributed by atoms with E-state index in [2.05, 4.69) is 123 Å². The van der Waals surface area contributed by atoms with E-state index in [1.165, 1.54) is 5.56 Å². The zero-order chi connectivity index (χ0) is 35.5. The number of aromatic nitrogens is 5. The second kappa shape index (κ2) is 14.2. The molecule has 0 atom stereocenters. The first-order valence-electron chi connectivity index (χ1n) is 18.0. The lowest BCUT2D eigenvalue weighted by Crippen LogP contribution is -2.39. The summed E-state index contributed by atoms with van der Waals surface area (Å²) in [6.07, 6.45) is 3.16. The summed E-state index contributed by atoms with van der Waals surface area (Å²) in [7, 11) is 0. The van der Waals surface area contributed by atoms with Gasteiger partial charge in [-0.15, -0.1) is 15.0 Å². The summed E-state index contributed by atoms with van der Waals surface area (Å²) in [4.78, 5) is 21.8. The third kappa shape index (κ3) is 5.98. The standard InChI is InChI=1S/C45H40N6O/c1-3-15-38-30-42-39(32(2)46-38)28-29-43(52)50(42)31-33-24-26-34(27-25-33)40-22-13-14-23-41(40)44-47-49-51(48-44)45(35-16-7-4-8-17-35,36-18-9-5-10-19-36)37-20-11-6-12-21-37/h4-14,16-27,30H,3,15,28-29,31H2,1-2H3. The topological polar surface area (TPSA) is 76.8 Å². The van der Waals surface area contributed by atoms with E-state index in [0.29, 0.717) is 18.8 Å². The number of amides is 1. The number of hydrogen-bond acceptors (Lipinski definition) is 5. The van der Waals surface area contributed by atoms with Gasteiger partial charge in [-0.25, -0.2) is 0 Å². The van der Waals surface area contributed by atoms with Gasteiger partial charge in [-0.2, -0.15) is 0 Å². The summed E-state index contributed by atoms with van der Waals surface area (Å²) in [6.45, 7) is 4.74. The van der Waals surface area contributed by atoms with Gasteiger partial charge < -0.3 is 4.90 Å². The van der Waals surface area contributed by atoms with Gasteiger partial charge in [0.1, 0.15) is 0 Å². The molecule has 0 spiro atoms. The number of hydrogen-bond donors (Lipinski definition) is 0. The third-order valence-corrected chi connectivity index (χ3v) is 10.1. The lowest BCUT2D eigenvalue weighted by atomic mass is 9.77. The molecule has 256 valence electrons. The number of fused-ring (bicyclic) bond motifs is 1. The highest BCUT2D eigenvalue weighted by Gasteiger charge is 2.41. The zero-order valence-corrected chi connectivity index (χ0v) is 29.5. The van der Waals surface area contributed by atoms with Crippen molar-refractivity contribution in [2.45, 2.75) is 51.6 Å². The number of rotatable bonds is 10. The Balaban J connectivity index is 1.15. The summed E-state index contributed by atoms with van der Waals surface area (Å²) < 4.78 is 0. The van der Waals surface area contributed by atoms with Gasteiger partial charge in [-0.1, -0.05) is 153 Å². The van der Waals surface area contributed by atoms with Crippen molar-refractivity contribution < 1.29 is 4.79 Å². The highest BCUT2D eigenvalue weighted by molar-refractivity contribution is 5.96. The molecule has 0 radical (unpaired) electrons. The Kier molecular flexibility index (Phi) is 9.00. The summed E-state index contributed by atoms with van der Waals surface area (Å²) in [5, 5.41) is 14.7. The van der Waals surface area contributed by atoms with E-state index in [1.807, 2.05) is 41.3 Å². The number of carbonyl (C=O) groups is 1. The van der Waals surface area contributed by atoms with E-state index in [4.69, 9.17) is 20.4 Å². The molecule has 7 heteroatoms. The minimum absolute atomic E-state index is 0.154. The number of tetrazole rings is 1. The number of pyridine rings is 1. The molecule has 2 aromatic heterocycles. The molecule has 0 N–H and O–H groups in total. The SMILES string of the molecule is CCCc1cc2c(c(C)n1)CCC(=O)N2Cc1ccc(-c2ccccc2-c2nnn(C(c3ccccc3)(c3ccccc3)c3ccccc3)n2)cc1. The third-order valence-electron chi connectivity index (χ3n) is 10.1. The summed E-state index contributed by atoms with van der Waals surface area (Å²) in [5.74, 6) is 0.691. The molecule has 7 nitrogen and oxygen atoms in total. The van der Waals surface area contributed by atoms with Gasteiger partial charge in [0, 0.05) is 23.4 Å². The van der Waals surface area contributed by atoms with Crippen LogP contribution in [0.2, 0.25) is 0 Å². The molecule has 3 heterocycles. The van der Waals surface area contributed by atoms with Crippen LogP contribution in [0.4, 0.5) is 5.69 Å². The quantitative estimate of drug-likeness (QED) is 0.135. The smallest absolute Gasteiger partial charge is 0.227 e. The van der Waals surface area contributed by atoms with Crippen LogP contribution in [-0.4, -0.2) is 31.1 Å². The molecule has 52 heavy (non-hydrogen) atoms. The van der Waals surface area contributed by atoms with Crippen LogP contribution in [-0.2, 0) is 29.7 Å². The lowest BCUT2D eigenvalue weighted by molar-refractivity contribution is -0.119. The average molecular weight is 681 g/mol. The second-order valence-corrected chi connectivity index (χ2v) is 13.4. The Labute approximate surface area is 304 Å². The number of benzene rings is 5. The highest BCUT2D eigenvalue weighted by Crippen LogP contribution is 2.40. The zero-order valence-electron chi connectivity index (χ0n) is 29.5. The first kappa shape index (κ1) is 33.0. The van der Waals surface area contributed by atoms with Crippen molar-refractivity contribution in [1.82, 2.24) is 25.2 Å². The molecule has 1 amide bonds. The summed E-state index contributed by atoms with van der Waals surface area (Å²) in [5.41, 5.74) is 10.5. The minimum atomic E-state index is -0.859. The molecule has 0 saturated heterocycles. The van der Waals surface area contributed by atoms with Gasteiger partial charge in [-0.3, -0.25) is 9.78 Å². The number of aryl methyl sites for hydroxylation is 2. The molecule has 0 saturated carbocycles. The molecule has 8 rings (SSSR count). The molecular weight excluding hydrogens is 641 g/mol. The normalized spacial score (nSPS) is 12.9. The van der Waals surface area contributed by atoms with E-state index in [9.17, 15) is 4.79 Å². The van der Waals surface area contributed by atoms with Crippen molar-refractivity contribution in [1.29, 1.82) is 0 Å². The largest absolute Gasteiger partial charge is 0.308 e. The number of nitrogens with zero attached hydrogens (tertiary/aromatic N) is 6. The molecule has 1 aliphatic heterocycles. The van der Waals surface area contributed by atoms with Crippen molar-refractivity contribution in [3.05, 3.63) is 185 Å². The van der Waals surface area contributed by atoms with Gasteiger partial charge >= 0.3 is 0 Å². The Bertz CT molecular complexity index is 2220. The molecule has 0 unspecified atom stereocenters. The van der Waals surface area contributed by atoms with E-state index in [-0.39, 0.29) is 5.91 Å². The van der Waals surface area contributed by atoms with Crippen LogP contribution in [0, 0.1) is 6.92 Å². The Morgan fingerprint density at radius 2 is 1.27 bits per heavy atom. The number of anilines is 1. The highest BCUT2D eigenvalue weighted by atomic mass is 16.2. The molecular formula is C45H40N6O. The van der Waals surface area contributed by atoms with E-state index < -0.39 is 5.54 Å². The maximum Gasteiger partial charge on any atom is 0.227 e. The molecule has 1 aliphatic rings. The van der Waals surface area contributed by atoms with Crippen molar-refractivity contribution in [3.63, 3.8) is 0 Å². The predicted molar refractivity (Wildman–Crippen MR) is 206 cm³/mol. The van der Waals surface area contributed by atoms with Gasteiger partial charge in [0.15, 0.2) is 5.54 Å². The van der Waals surface area contributed by atoms with Crippen LogP contribution < -0.4 is 4.90 Å². The van der Waals surface area contributed by atoms with Gasteiger partial charge in [0.2, 0.25) is 11.7 Å². The Morgan fingerprint density at radius 3 is 1.87 bits per heavy atom. The molecule has 0 aliphatic carbocycles. The first-order chi connectivity index (χ1) is 25.6. The van der Waals surface area contributed by atoms with Crippen molar-refractivity contribution in [2.75, 3.05) is 4.90 Å². The predicted octanol–water partition coefficient (Wildman–Crippen LogP) is 8.98. The van der Waals surface area contributed by atoms with E-state index >= 15 is 0 Å². The fraction of sp³-hybridized carbons (Fsp3) is 0.178. The Morgan fingerprint density at radius 1 is 0.692 bits per heavy atom. The summed E-state index contributed by atoms with van der Waals surface area (Å²) >= 11 is 0. The lowest BCUT2D eigenvalue weighted by Gasteiger charge is -2.34. The van der Waals surface area contributed by atoms with Gasteiger partial charge in [0.25, 0.3) is 0 Å². The monoisotopic (exact) mass is 680 g/mol. The van der Waals surface area contributed by atoms with Crippen LogP contribution in [0.25, 0.3) is 22.5 Å². The average Bonchev–Trinajstić information content (AvgIpc) is 3.68. The molecule has 7 aromatic rings. The van der Waals surface area contributed by atoms with E-state index in [0.717, 1.165) is 75.3 Å². The number of carbonyl (C=O) groups excluding carboxylic acids is 1. The van der Waals surface area contributed by atoms with Crippen LogP contribution in [0.15, 0.2) is 146 Å². The van der Waals surface area contributed by atoms with Crippen molar-refractivity contribution in [2.24, 2.45) is 0 Å².